The van der Waals surface area contributed by atoms with E-state index >= 15 is 0 Å². The monoisotopic (exact) mass is 1070 g/mol. The van der Waals surface area contributed by atoms with Crippen molar-refractivity contribution in [2.24, 2.45) is 0 Å². The average molecular weight is 1070 g/mol. The molecule has 4 rings (SSSR count). The van der Waals surface area contributed by atoms with Gasteiger partial charge in [-0.05, 0) is 67.6 Å². The first kappa shape index (κ1) is 52.0. The summed E-state index contributed by atoms with van der Waals surface area (Å²) in [6.45, 7) is 0. The summed E-state index contributed by atoms with van der Waals surface area (Å²) < 4.78 is 138. The van der Waals surface area contributed by atoms with Gasteiger partial charge in [0.05, 0.1) is 62.4 Å². The second-order valence-electron chi connectivity index (χ2n) is 11.1. The maximum atomic E-state index is 12.6. The van der Waals surface area contributed by atoms with Gasteiger partial charge in [-0.15, -0.1) is 23.5 Å². The molecule has 0 aliphatic carbocycles. The topological polar surface area (TPSA) is 195 Å². The van der Waals surface area contributed by atoms with Crippen LogP contribution in [0.5, 0.6) is 23.5 Å². The smallest absolute Gasteiger partial charge is 0.404 e. The molecule has 2 aromatic carbocycles. The molecule has 4 aromatic rings. The molecule has 0 saturated heterocycles. The minimum atomic E-state index is -4.88. The molecule has 0 bridgehead atoms. The number of nitrogen functional groups attached to an aromatic ring is 1. The summed E-state index contributed by atoms with van der Waals surface area (Å²) in [5.74, 6) is -1.77. The zero-order chi connectivity index (χ0) is 44.9. The van der Waals surface area contributed by atoms with Gasteiger partial charge >= 0.3 is 12.4 Å². The molecular weight excluding hydrogens is 1030 g/mol. The zero-order valence-electron chi connectivity index (χ0n) is 31.4. The standard InChI is InChI=1S/C16H17BrF3N3O4S2.C14H16BrN3O2S.C2H2ClF3O2S/c1-26-11-7-12(27-2)22-15(21-11)14(28-3)9-5-4-6-10(17)13(9)23-29(24,25)8-16(18,19)20;1-19-10-7-11(20-2)18-14(17-10)13(21-3)8-5-4-6-9(15)12(8)16;3-9(7,8)1-2(4,5)6/h4-7,14,23H,8H2,1-3H3;4-7,13H,16H2,1-3H3;1H2. The van der Waals surface area contributed by atoms with Crippen molar-refractivity contribution in [3.05, 3.63) is 80.3 Å². The van der Waals surface area contributed by atoms with Crippen LogP contribution < -0.4 is 29.4 Å². The van der Waals surface area contributed by atoms with Crippen molar-refractivity contribution >= 4 is 96.5 Å². The highest BCUT2D eigenvalue weighted by Crippen LogP contribution is 2.42. The van der Waals surface area contributed by atoms with Crippen LogP contribution in [0, 0.1) is 0 Å². The summed E-state index contributed by atoms with van der Waals surface area (Å²) >= 11 is 9.51. The van der Waals surface area contributed by atoms with Crippen molar-refractivity contribution in [2.75, 3.05) is 62.9 Å². The molecule has 2 atom stereocenters. The Hall–Kier alpha value is -3.17. The molecule has 0 spiro atoms. The predicted octanol–water partition coefficient (Wildman–Crippen LogP) is 8.42. The summed E-state index contributed by atoms with van der Waals surface area (Å²) in [6, 6.07) is 13.6. The van der Waals surface area contributed by atoms with Crippen LogP contribution in [0.3, 0.4) is 0 Å². The van der Waals surface area contributed by atoms with Gasteiger partial charge in [0.15, 0.2) is 23.2 Å². The van der Waals surface area contributed by atoms with Crippen molar-refractivity contribution in [1.29, 1.82) is 0 Å². The van der Waals surface area contributed by atoms with Gasteiger partial charge in [-0.1, -0.05) is 24.3 Å². The molecule has 0 fully saturated rings. The average Bonchev–Trinajstić information content (AvgIpc) is 3.13. The summed E-state index contributed by atoms with van der Waals surface area (Å²) in [5, 5.41) is -0.730. The van der Waals surface area contributed by atoms with Gasteiger partial charge in [0, 0.05) is 19.6 Å². The first-order chi connectivity index (χ1) is 27.3. The largest absolute Gasteiger partial charge is 0.481 e. The lowest BCUT2D eigenvalue weighted by Gasteiger charge is -2.21. The Morgan fingerprint density at radius 3 is 1.41 bits per heavy atom. The van der Waals surface area contributed by atoms with Crippen molar-refractivity contribution in [2.45, 2.75) is 22.9 Å². The summed E-state index contributed by atoms with van der Waals surface area (Å²) in [6.07, 6.45) is -5.90. The molecule has 3 N–H and O–H groups in total. The van der Waals surface area contributed by atoms with E-state index < -0.39 is 48.2 Å². The van der Waals surface area contributed by atoms with Crippen LogP contribution in [-0.4, -0.2) is 102 Å². The van der Waals surface area contributed by atoms with E-state index in [0.717, 1.165) is 10.0 Å². The SMILES string of the molecule is COc1cc(OC)nc(C(SC)c2cccc(Br)c2N)n1.COc1cc(OC)nc(C(SC)c2cccc(Br)c2NS(=O)(=O)CC(F)(F)F)n1.O=S(=O)(Cl)CC(F)(F)F. The molecule has 0 aliphatic heterocycles. The molecule has 0 radical (unpaired) electrons. The number of hydrogen-bond acceptors (Lipinski definition) is 15. The summed E-state index contributed by atoms with van der Waals surface area (Å²) in [4.78, 5) is 17.4. The van der Waals surface area contributed by atoms with Crippen LogP contribution in [0.25, 0.3) is 0 Å². The van der Waals surface area contributed by atoms with Crippen molar-refractivity contribution in [1.82, 2.24) is 19.9 Å². The number of nitrogens with two attached hydrogens (primary N) is 1. The zero-order valence-corrected chi connectivity index (χ0v) is 38.5. The Balaban J connectivity index is 0.000000348. The van der Waals surface area contributed by atoms with Crippen LogP contribution in [0.2, 0.25) is 0 Å². The van der Waals surface area contributed by atoms with Gasteiger partial charge in [-0.25, -0.2) is 16.8 Å². The fourth-order valence-corrected chi connectivity index (χ4v) is 8.83. The summed E-state index contributed by atoms with van der Waals surface area (Å²) in [7, 11) is 1.09. The number of nitrogens with zero attached hydrogens (tertiary/aromatic N) is 4. The molecule has 0 saturated carbocycles. The quantitative estimate of drug-likeness (QED) is 0.0694. The number of benzene rings is 2. The number of anilines is 2. The van der Waals surface area contributed by atoms with Gasteiger partial charge in [-0.3, -0.25) is 4.72 Å². The van der Waals surface area contributed by atoms with E-state index in [9.17, 15) is 43.2 Å². The molecule has 59 heavy (non-hydrogen) atoms. The van der Waals surface area contributed by atoms with Crippen LogP contribution in [0.15, 0.2) is 57.5 Å². The summed E-state index contributed by atoms with van der Waals surface area (Å²) in [5.41, 5.74) is 8.14. The van der Waals surface area contributed by atoms with Gasteiger partial charge in [-0.2, -0.15) is 46.3 Å². The van der Waals surface area contributed by atoms with Crippen LogP contribution >= 0.6 is 66.1 Å². The van der Waals surface area contributed by atoms with E-state index in [0.29, 0.717) is 28.8 Å². The van der Waals surface area contributed by atoms with Gasteiger partial charge in [0.25, 0.3) is 0 Å². The first-order valence-electron chi connectivity index (χ1n) is 15.7. The van der Waals surface area contributed by atoms with Crippen LogP contribution in [0.4, 0.5) is 37.7 Å². The normalized spacial score (nSPS) is 12.8. The van der Waals surface area contributed by atoms with Gasteiger partial charge < -0.3 is 24.7 Å². The molecule has 0 aliphatic rings. The number of aromatic nitrogens is 4. The van der Waals surface area contributed by atoms with Crippen molar-refractivity contribution in [3.63, 3.8) is 0 Å². The van der Waals surface area contributed by atoms with Gasteiger partial charge in [0.2, 0.25) is 42.6 Å². The maximum Gasteiger partial charge on any atom is 0.404 e. The Morgan fingerprint density at radius 2 is 1.07 bits per heavy atom. The van der Waals surface area contributed by atoms with Crippen LogP contribution in [-0.2, 0) is 19.1 Å². The Bertz CT molecular complexity index is 2210. The molecule has 2 unspecified atom stereocenters. The third-order valence-electron chi connectivity index (χ3n) is 6.81. The number of alkyl halides is 6. The minimum absolute atomic E-state index is 0.0264. The van der Waals surface area contributed by atoms with E-state index in [1.165, 1.54) is 38.1 Å². The second-order valence-corrected chi connectivity index (χ2v) is 19.2. The number of ether oxygens (including phenoxy) is 4. The predicted molar refractivity (Wildman–Crippen MR) is 223 cm³/mol. The van der Waals surface area contributed by atoms with E-state index in [1.54, 1.807) is 50.4 Å². The molecule has 0 amide bonds. The number of rotatable bonds is 14. The molecule has 328 valence electrons. The van der Waals surface area contributed by atoms with Crippen molar-refractivity contribution < 1.29 is 62.1 Å². The number of hydrogen-bond donors (Lipinski definition) is 2. The third kappa shape index (κ3) is 17.4. The number of thioether (sulfide) groups is 2. The fourth-order valence-electron chi connectivity index (χ4n) is 4.49. The van der Waals surface area contributed by atoms with E-state index in [-0.39, 0.29) is 33.0 Å². The maximum absolute atomic E-state index is 12.6. The lowest BCUT2D eigenvalue weighted by Crippen LogP contribution is -2.28. The highest BCUT2D eigenvalue weighted by molar-refractivity contribution is 9.11. The first-order valence-corrected chi connectivity index (χ1v) is 24.0. The second kappa shape index (κ2) is 22.6. The number of para-hydroxylation sites is 2. The molecule has 27 heteroatoms. The Labute approximate surface area is 365 Å². The van der Waals surface area contributed by atoms with E-state index in [2.05, 4.69) is 62.5 Å². The van der Waals surface area contributed by atoms with E-state index in [1.807, 2.05) is 29.2 Å². The Kier molecular flexibility index (Phi) is 19.9. The van der Waals surface area contributed by atoms with Crippen LogP contribution in [0.1, 0.15) is 33.3 Å². The fraction of sp³-hybridized carbons (Fsp3) is 0.375. The lowest BCUT2D eigenvalue weighted by atomic mass is 10.1. The molecule has 2 aromatic heterocycles. The Morgan fingerprint density at radius 1 is 0.695 bits per heavy atom. The lowest BCUT2D eigenvalue weighted by molar-refractivity contribution is -0.107. The number of halogens is 9. The molecule has 2 heterocycles. The minimum Gasteiger partial charge on any atom is -0.481 e. The van der Waals surface area contributed by atoms with Gasteiger partial charge in [0.1, 0.15) is 0 Å². The third-order valence-corrected chi connectivity index (χ3v) is 12.3. The van der Waals surface area contributed by atoms with Crippen molar-refractivity contribution in [3.8, 4) is 23.5 Å². The number of nitrogens with one attached hydrogen (secondary N) is 1. The highest BCUT2D eigenvalue weighted by atomic mass is 79.9. The molecular formula is C32H35Br2ClF6N6O8S4. The highest BCUT2D eigenvalue weighted by Gasteiger charge is 2.36. The van der Waals surface area contributed by atoms with E-state index in [4.69, 9.17) is 24.7 Å². The number of sulfonamides is 1. The number of methoxy groups -OCH3 is 4. The molecule has 14 nitrogen and oxygen atoms in total.